The van der Waals surface area contributed by atoms with Gasteiger partial charge in [0.15, 0.2) is 0 Å². The van der Waals surface area contributed by atoms with Gasteiger partial charge in [0, 0.05) is 36.3 Å². The van der Waals surface area contributed by atoms with Crippen molar-refractivity contribution in [2.45, 2.75) is 0 Å². The number of nitrogens with zero attached hydrogens (tertiary/aromatic N) is 3. The molecule has 112 valence electrons. The summed E-state index contributed by atoms with van der Waals surface area (Å²) in [7, 11) is -3.18. The monoisotopic (exact) mass is 314 g/mol. The van der Waals surface area contributed by atoms with Gasteiger partial charge >= 0.3 is 0 Å². The van der Waals surface area contributed by atoms with Gasteiger partial charge in [0.1, 0.15) is 5.65 Å². The van der Waals surface area contributed by atoms with Crippen LogP contribution in [-0.2, 0) is 10.0 Å². The Morgan fingerprint density at radius 1 is 1.27 bits per heavy atom. The molecule has 0 bridgehead atoms. The molecule has 7 heteroatoms. The average Bonchev–Trinajstić information content (AvgIpc) is 3.15. The van der Waals surface area contributed by atoms with Crippen molar-refractivity contribution in [1.82, 2.24) is 19.3 Å². The zero-order valence-electron chi connectivity index (χ0n) is 11.9. The van der Waals surface area contributed by atoms with Gasteiger partial charge in [-0.15, -0.1) is 0 Å². The standard InChI is InChI=1S/C15H14N4O2S/c1-22(20,21)19-7-4-10(9-19)11-2-5-16-13-8-18-15-12(14(11)13)3-6-17-15/h2-6,8H,7,9H2,1H3,(H,17,18). The SMILES string of the molecule is CS(=O)(=O)N1CC=C(c2ccnc3cnc4[nH]ccc4c23)C1. The topological polar surface area (TPSA) is 79.0 Å². The van der Waals surface area contributed by atoms with Crippen LogP contribution in [0.25, 0.3) is 27.5 Å². The van der Waals surface area contributed by atoms with Crippen LogP contribution in [0.15, 0.2) is 36.8 Å². The van der Waals surface area contributed by atoms with Crippen LogP contribution >= 0.6 is 0 Å². The lowest BCUT2D eigenvalue weighted by atomic mass is 10.0. The van der Waals surface area contributed by atoms with Gasteiger partial charge in [-0.3, -0.25) is 4.98 Å². The molecule has 0 fully saturated rings. The first-order chi connectivity index (χ1) is 10.5. The molecule has 0 saturated carbocycles. The zero-order valence-corrected chi connectivity index (χ0v) is 12.8. The van der Waals surface area contributed by atoms with Gasteiger partial charge in [-0.25, -0.2) is 13.4 Å². The van der Waals surface area contributed by atoms with Gasteiger partial charge in [0.25, 0.3) is 0 Å². The summed E-state index contributed by atoms with van der Waals surface area (Å²) in [5, 5.41) is 2.01. The summed E-state index contributed by atoms with van der Waals surface area (Å²) in [5.41, 5.74) is 3.64. The fraction of sp³-hybridized carbons (Fsp3) is 0.200. The molecule has 0 aliphatic carbocycles. The van der Waals surface area contributed by atoms with Crippen LogP contribution in [0.2, 0.25) is 0 Å². The van der Waals surface area contributed by atoms with Crippen LogP contribution in [0, 0.1) is 0 Å². The summed E-state index contributed by atoms with van der Waals surface area (Å²) < 4.78 is 24.9. The molecule has 1 N–H and O–H groups in total. The van der Waals surface area contributed by atoms with Crippen LogP contribution in [0.4, 0.5) is 0 Å². The molecule has 1 aliphatic heterocycles. The third kappa shape index (κ3) is 2.01. The van der Waals surface area contributed by atoms with Crippen LogP contribution in [0.5, 0.6) is 0 Å². The minimum Gasteiger partial charge on any atom is -0.346 e. The molecule has 0 radical (unpaired) electrons. The molecule has 0 aromatic carbocycles. The second-order valence-electron chi connectivity index (χ2n) is 5.40. The van der Waals surface area contributed by atoms with E-state index in [1.54, 1.807) is 12.4 Å². The number of rotatable bonds is 2. The number of pyridine rings is 2. The molecule has 3 aromatic rings. The highest BCUT2D eigenvalue weighted by Gasteiger charge is 2.24. The second-order valence-corrected chi connectivity index (χ2v) is 7.38. The van der Waals surface area contributed by atoms with Crippen LogP contribution in [0.1, 0.15) is 5.56 Å². The number of fused-ring (bicyclic) bond motifs is 3. The van der Waals surface area contributed by atoms with Crippen molar-refractivity contribution in [1.29, 1.82) is 0 Å². The summed E-state index contributed by atoms with van der Waals surface area (Å²) in [4.78, 5) is 11.8. The molecule has 22 heavy (non-hydrogen) atoms. The summed E-state index contributed by atoms with van der Waals surface area (Å²) in [6, 6.07) is 3.91. The first-order valence-corrected chi connectivity index (χ1v) is 8.74. The van der Waals surface area contributed by atoms with Crippen molar-refractivity contribution in [3.8, 4) is 0 Å². The van der Waals surface area contributed by atoms with E-state index < -0.39 is 10.0 Å². The van der Waals surface area contributed by atoms with E-state index in [0.717, 1.165) is 33.1 Å². The first-order valence-electron chi connectivity index (χ1n) is 6.89. The molecule has 6 nitrogen and oxygen atoms in total. The molecule has 3 aromatic heterocycles. The third-order valence-corrected chi connectivity index (χ3v) is 5.21. The number of aromatic nitrogens is 3. The molecule has 0 atom stereocenters. The largest absolute Gasteiger partial charge is 0.346 e. The normalized spacial score (nSPS) is 16.5. The number of hydrogen-bond acceptors (Lipinski definition) is 4. The molecule has 0 amide bonds. The van der Waals surface area contributed by atoms with Crippen LogP contribution < -0.4 is 0 Å². The fourth-order valence-corrected chi connectivity index (χ4v) is 3.62. The smallest absolute Gasteiger partial charge is 0.211 e. The van der Waals surface area contributed by atoms with Crippen molar-refractivity contribution in [3.05, 3.63) is 42.4 Å². The van der Waals surface area contributed by atoms with E-state index in [0.29, 0.717) is 13.1 Å². The van der Waals surface area contributed by atoms with E-state index in [9.17, 15) is 8.42 Å². The molecule has 0 saturated heterocycles. The highest BCUT2D eigenvalue weighted by Crippen LogP contribution is 2.32. The Bertz CT molecular complexity index is 1020. The van der Waals surface area contributed by atoms with Crippen LogP contribution in [-0.4, -0.2) is 47.0 Å². The van der Waals surface area contributed by atoms with Crippen LogP contribution in [0.3, 0.4) is 0 Å². The Morgan fingerprint density at radius 3 is 2.91 bits per heavy atom. The highest BCUT2D eigenvalue weighted by atomic mass is 32.2. The lowest BCUT2D eigenvalue weighted by Gasteiger charge is -2.13. The number of sulfonamides is 1. The van der Waals surface area contributed by atoms with E-state index in [1.165, 1.54) is 10.6 Å². The van der Waals surface area contributed by atoms with Gasteiger partial charge in [-0.1, -0.05) is 6.08 Å². The summed E-state index contributed by atoms with van der Waals surface area (Å²) in [6.45, 7) is 0.811. The molecule has 4 heterocycles. The number of H-pyrrole nitrogens is 1. The maximum atomic E-state index is 11.7. The summed E-state index contributed by atoms with van der Waals surface area (Å²) in [6.07, 6.45) is 8.53. The number of hydrogen-bond donors (Lipinski definition) is 1. The highest BCUT2D eigenvalue weighted by molar-refractivity contribution is 7.88. The zero-order chi connectivity index (χ0) is 15.3. The van der Waals surface area contributed by atoms with E-state index in [4.69, 9.17) is 0 Å². The fourth-order valence-electron chi connectivity index (χ4n) is 2.90. The summed E-state index contributed by atoms with van der Waals surface area (Å²) >= 11 is 0. The van der Waals surface area contributed by atoms with Crippen molar-refractivity contribution in [3.63, 3.8) is 0 Å². The lowest BCUT2D eigenvalue weighted by molar-refractivity contribution is 0.496. The Morgan fingerprint density at radius 2 is 2.14 bits per heavy atom. The maximum absolute atomic E-state index is 11.7. The third-order valence-electron chi connectivity index (χ3n) is 3.99. The lowest BCUT2D eigenvalue weighted by Crippen LogP contribution is -2.27. The van der Waals surface area contributed by atoms with E-state index in [1.807, 2.05) is 24.4 Å². The Balaban J connectivity index is 1.91. The van der Waals surface area contributed by atoms with E-state index in [-0.39, 0.29) is 0 Å². The molecule has 4 rings (SSSR count). The molecule has 1 aliphatic rings. The minimum absolute atomic E-state index is 0.395. The summed E-state index contributed by atoms with van der Waals surface area (Å²) in [5.74, 6) is 0. The number of nitrogens with one attached hydrogen (secondary N) is 1. The van der Waals surface area contributed by atoms with Crippen molar-refractivity contribution < 1.29 is 8.42 Å². The van der Waals surface area contributed by atoms with E-state index >= 15 is 0 Å². The first kappa shape index (κ1) is 13.4. The molecule has 0 unspecified atom stereocenters. The molecular formula is C15H14N4O2S. The van der Waals surface area contributed by atoms with E-state index in [2.05, 4.69) is 15.0 Å². The van der Waals surface area contributed by atoms with Gasteiger partial charge in [-0.2, -0.15) is 4.31 Å². The Hall–Kier alpha value is -2.25. The average molecular weight is 314 g/mol. The predicted molar refractivity (Wildman–Crippen MR) is 85.8 cm³/mol. The maximum Gasteiger partial charge on any atom is 0.211 e. The predicted octanol–water partition coefficient (Wildman–Crippen LogP) is 1.77. The van der Waals surface area contributed by atoms with Gasteiger partial charge in [-0.05, 0) is 23.3 Å². The van der Waals surface area contributed by atoms with Crippen molar-refractivity contribution in [2.24, 2.45) is 0 Å². The number of aromatic amines is 1. The Labute approximate surface area is 127 Å². The minimum atomic E-state index is -3.18. The quantitative estimate of drug-likeness (QED) is 0.782. The van der Waals surface area contributed by atoms with Crippen molar-refractivity contribution in [2.75, 3.05) is 19.3 Å². The Kier molecular flexibility index (Phi) is 2.82. The van der Waals surface area contributed by atoms with Gasteiger partial charge in [0.05, 0.1) is 18.0 Å². The second kappa shape index (κ2) is 4.62. The van der Waals surface area contributed by atoms with Gasteiger partial charge in [0.2, 0.25) is 10.0 Å². The molecule has 0 spiro atoms. The molecular weight excluding hydrogens is 300 g/mol. The van der Waals surface area contributed by atoms with Gasteiger partial charge < -0.3 is 4.98 Å². The van der Waals surface area contributed by atoms with Crippen molar-refractivity contribution >= 4 is 37.5 Å².